The molecule has 2 aromatic rings. The summed E-state index contributed by atoms with van der Waals surface area (Å²) < 4.78 is 10.4. The van der Waals surface area contributed by atoms with Crippen molar-refractivity contribution in [2.24, 2.45) is 0 Å². The third kappa shape index (κ3) is 3.97. The van der Waals surface area contributed by atoms with Crippen LogP contribution >= 0.6 is 0 Å². The summed E-state index contributed by atoms with van der Waals surface area (Å²) in [7, 11) is 0. The fourth-order valence-electron chi connectivity index (χ4n) is 3.75. The molecule has 1 saturated heterocycles. The van der Waals surface area contributed by atoms with Crippen molar-refractivity contribution in [3.05, 3.63) is 63.7 Å². The van der Waals surface area contributed by atoms with Crippen LogP contribution in [0.15, 0.2) is 42.5 Å². The molecule has 0 aliphatic carbocycles. The van der Waals surface area contributed by atoms with Gasteiger partial charge >= 0.3 is 5.97 Å². The molecule has 0 saturated carbocycles. The first-order valence-corrected chi connectivity index (χ1v) is 9.71. The summed E-state index contributed by atoms with van der Waals surface area (Å²) in [6, 6.07) is 11.8. The molecule has 0 atom stereocenters. The Kier molecular flexibility index (Phi) is 5.62. The summed E-state index contributed by atoms with van der Waals surface area (Å²) in [6.07, 6.45) is 0.755. The van der Waals surface area contributed by atoms with Crippen LogP contribution in [0.4, 0.5) is 17.1 Å². The number of nitro groups is 1. The molecule has 9 heteroatoms. The molecule has 2 heterocycles. The topological polar surface area (TPSA) is 102 Å². The zero-order valence-corrected chi connectivity index (χ0v) is 16.3. The van der Waals surface area contributed by atoms with E-state index >= 15 is 0 Å². The quantitative estimate of drug-likeness (QED) is 0.422. The summed E-state index contributed by atoms with van der Waals surface area (Å²) in [4.78, 5) is 39.4. The minimum Gasteiger partial charge on any atom is -0.452 e. The van der Waals surface area contributed by atoms with Crippen molar-refractivity contribution in [2.75, 3.05) is 49.3 Å². The van der Waals surface area contributed by atoms with Crippen LogP contribution in [-0.2, 0) is 20.7 Å². The van der Waals surface area contributed by atoms with Gasteiger partial charge in [0.25, 0.3) is 11.6 Å². The Morgan fingerprint density at radius 3 is 2.60 bits per heavy atom. The Morgan fingerprint density at radius 2 is 1.83 bits per heavy atom. The number of amides is 1. The molecule has 0 spiro atoms. The van der Waals surface area contributed by atoms with Crippen molar-refractivity contribution in [2.45, 2.75) is 6.42 Å². The number of carbonyl (C=O) groups excluding carboxylic acids is 2. The highest BCUT2D eigenvalue weighted by Gasteiger charge is 2.26. The van der Waals surface area contributed by atoms with Gasteiger partial charge in [-0.3, -0.25) is 14.9 Å². The van der Waals surface area contributed by atoms with Crippen LogP contribution in [0.1, 0.15) is 15.9 Å². The highest BCUT2D eigenvalue weighted by Crippen LogP contribution is 2.30. The maximum absolute atomic E-state index is 12.5. The van der Waals surface area contributed by atoms with Gasteiger partial charge in [0.1, 0.15) is 5.69 Å². The number of esters is 1. The Bertz CT molecular complexity index is 986. The predicted octanol–water partition coefficient (Wildman–Crippen LogP) is 2.18. The molecule has 0 bridgehead atoms. The summed E-state index contributed by atoms with van der Waals surface area (Å²) in [5.74, 6) is -1.10. The fraction of sp³-hybridized carbons (Fsp3) is 0.333. The van der Waals surface area contributed by atoms with Crippen LogP contribution in [-0.4, -0.2) is 56.3 Å². The van der Waals surface area contributed by atoms with E-state index in [0.29, 0.717) is 38.5 Å². The van der Waals surface area contributed by atoms with Crippen LogP contribution in [0.2, 0.25) is 0 Å². The average molecular weight is 411 g/mol. The lowest BCUT2D eigenvalue weighted by Gasteiger charge is -2.28. The van der Waals surface area contributed by atoms with E-state index in [2.05, 4.69) is 0 Å². The summed E-state index contributed by atoms with van der Waals surface area (Å²) in [6.45, 7) is 2.17. The third-order valence-electron chi connectivity index (χ3n) is 5.27. The number of nitrogens with zero attached hydrogens (tertiary/aromatic N) is 3. The van der Waals surface area contributed by atoms with Gasteiger partial charge in [0.15, 0.2) is 6.61 Å². The van der Waals surface area contributed by atoms with Crippen molar-refractivity contribution in [1.82, 2.24) is 0 Å². The maximum Gasteiger partial charge on any atom is 0.338 e. The smallest absolute Gasteiger partial charge is 0.338 e. The van der Waals surface area contributed by atoms with Crippen LogP contribution in [0.5, 0.6) is 0 Å². The highest BCUT2D eigenvalue weighted by molar-refractivity contribution is 5.98. The van der Waals surface area contributed by atoms with Crippen LogP contribution in [0.25, 0.3) is 0 Å². The SMILES string of the molecule is O=C(OCC(=O)N1CCc2ccccc21)c1ccc(N2CCOCC2)c([N+](=O)[O-])c1. The second kappa shape index (κ2) is 8.50. The van der Waals surface area contributed by atoms with Crippen molar-refractivity contribution < 1.29 is 24.0 Å². The first-order chi connectivity index (χ1) is 14.5. The molecular formula is C21H21N3O6. The second-order valence-corrected chi connectivity index (χ2v) is 7.06. The lowest BCUT2D eigenvalue weighted by atomic mass is 10.1. The largest absolute Gasteiger partial charge is 0.452 e. The number of fused-ring (bicyclic) bond motifs is 1. The van der Waals surface area contributed by atoms with Gasteiger partial charge in [0.05, 0.1) is 23.7 Å². The first kappa shape index (κ1) is 19.8. The van der Waals surface area contributed by atoms with E-state index in [1.807, 2.05) is 29.2 Å². The van der Waals surface area contributed by atoms with Gasteiger partial charge in [0.2, 0.25) is 0 Å². The van der Waals surface area contributed by atoms with Crippen molar-refractivity contribution >= 4 is 28.9 Å². The Hall–Kier alpha value is -3.46. The van der Waals surface area contributed by atoms with Crippen LogP contribution < -0.4 is 9.80 Å². The Labute approximate surface area is 172 Å². The number of hydrogen-bond donors (Lipinski definition) is 0. The zero-order chi connectivity index (χ0) is 21.1. The van der Waals surface area contributed by atoms with Gasteiger partial charge in [0, 0.05) is 31.4 Å². The number of rotatable bonds is 5. The lowest BCUT2D eigenvalue weighted by molar-refractivity contribution is -0.384. The Morgan fingerprint density at radius 1 is 1.07 bits per heavy atom. The van der Waals surface area contributed by atoms with Gasteiger partial charge in [-0.1, -0.05) is 18.2 Å². The van der Waals surface area contributed by atoms with E-state index in [-0.39, 0.29) is 17.2 Å². The van der Waals surface area contributed by atoms with Crippen LogP contribution in [0, 0.1) is 10.1 Å². The molecular weight excluding hydrogens is 390 g/mol. The molecule has 4 rings (SSSR count). The number of para-hydroxylation sites is 1. The fourth-order valence-corrected chi connectivity index (χ4v) is 3.75. The van der Waals surface area contributed by atoms with Gasteiger partial charge in [-0.25, -0.2) is 4.79 Å². The van der Waals surface area contributed by atoms with Crippen molar-refractivity contribution in [1.29, 1.82) is 0 Å². The van der Waals surface area contributed by atoms with Gasteiger partial charge in [-0.2, -0.15) is 0 Å². The molecule has 156 valence electrons. The highest BCUT2D eigenvalue weighted by atomic mass is 16.6. The minimum absolute atomic E-state index is 0.0355. The summed E-state index contributed by atoms with van der Waals surface area (Å²) >= 11 is 0. The number of ether oxygens (including phenoxy) is 2. The number of hydrogen-bond acceptors (Lipinski definition) is 7. The molecule has 0 radical (unpaired) electrons. The lowest BCUT2D eigenvalue weighted by Crippen LogP contribution is -2.36. The molecule has 1 amide bonds. The van der Waals surface area contributed by atoms with E-state index in [0.717, 1.165) is 17.7 Å². The third-order valence-corrected chi connectivity index (χ3v) is 5.27. The molecule has 2 aliphatic heterocycles. The molecule has 2 aliphatic rings. The van der Waals surface area contributed by atoms with Crippen molar-refractivity contribution in [3.8, 4) is 0 Å². The maximum atomic E-state index is 12.5. The summed E-state index contributed by atoms with van der Waals surface area (Å²) in [5.41, 5.74) is 2.19. The number of nitro benzene ring substituents is 1. The number of benzene rings is 2. The molecule has 0 unspecified atom stereocenters. The van der Waals surface area contributed by atoms with E-state index < -0.39 is 17.5 Å². The second-order valence-electron chi connectivity index (χ2n) is 7.06. The summed E-state index contributed by atoms with van der Waals surface area (Å²) in [5, 5.41) is 11.5. The molecule has 0 N–H and O–H groups in total. The number of morpholine rings is 1. The van der Waals surface area contributed by atoms with E-state index in [1.54, 1.807) is 11.0 Å². The molecule has 0 aromatic heterocycles. The van der Waals surface area contributed by atoms with Crippen molar-refractivity contribution in [3.63, 3.8) is 0 Å². The van der Waals surface area contributed by atoms with Crippen LogP contribution in [0.3, 0.4) is 0 Å². The Balaban J connectivity index is 1.44. The van der Waals surface area contributed by atoms with E-state index in [4.69, 9.17) is 9.47 Å². The predicted molar refractivity (Wildman–Crippen MR) is 109 cm³/mol. The zero-order valence-electron chi connectivity index (χ0n) is 16.3. The monoisotopic (exact) mass is 411 g/mol. The molecule has 1 fully saturated rings. The molecule has 30 heavy (non-hydrogen) atoms. The normalized spacial score (nSPS) is 15.6. The van der Waals surface area contributed by atoms with E-state index in [9.17, 15) is 19.7 Å². The van der Waals surface area contributed by atoms with Gasteiger partial charge in [-0.15, -0.1) is 0 Å². The van der Waals surface area contributed by atoms with E-state index in [1.165, 1.54) is 12.1 Å². The standard InChI is InChI=1S/C21H21N3O6/c25-20(23-8-7-15-3-1-2-4-17(15)23)14-30-21(26)16-5-6-18(19(13-16)24(27)28)22-9-11-29-12-10-22/h1-6,13H,7-12,14H2. The molecule has 9 nitrogen and oxygen atoms in total. The van der Waals surface area contributed by atoms with Gasteiger partial charge in [-0.05, 0) is 30.2 Å². The average Bonchev–Trinajstić information content (AvgIpc) is 3.21. The molecule has 2 aromatic carbocycles. The van der Waals surface area contributed by atoms with Gasteiger partial charge < -0.3 is 19.3 Å². The minimum atomic E-state index is -0.771. The first-order valence-electron chi connectivity index (χ1n) is 9.71. The number of anilines is 2. The number of carbonyl (C=O) groups is 2.